The first-order valence-corrected chi connectivity index (χ1v) is 3.96. The van der Waals surface area contributed by atoms with Crippen LogP contribution in [0.25, 0.3) is 0 Å². The monoisotopic (exact) mass is 151 g/mol. The molecule has 0 spiro atoms. The molecular formula is C8H7O3-. The number of aliphatic carboxylic acids is 1. The summed E-state index contributed by atoms with van der Waals surface area (Å²) in [5.74, 6) is -0.654. The number of carboxylic acid groups (broad SMARTS) is 1. The number of ketones is 1. The smallest absolute Gasteiger partial charge is 0.140 e. The summed E-state index contributed by atoms with van der Waals surface area (Å²) in [6, 6.07) is 0. The number of hydrogen-bond donors (Lipinski definition) is 0. The Balaban J connectivity index is 2.03. The van der Waals surface area contributed by atoms with Crippen LogP contribution in [0.15, 0.2) is 0 Å². The predicted molar refractivity (Wildman–Crippen MR) is 32.1 cm³/mol. The summed E-state index contributed by atoms with van der Waals surface area (Å²) < 4.78 is 0. The highest BCUT2D eigenvalue weighted by Crippen LogP contribution is 2.70. The molecule has 11 heavy (non-hydrogen) atoms. The molecule has 0 amide bonds. The Morgan fingerprint density at radius 2 is 2.27 bits per heavy atom. The molecule has 58 valence electrons. The lowest BCUT2D eigenvalue weighted by atomic mass is 9.98. The van der Waals surface area contributed by atoms with E-state index in [2.05, 4.69) is 0 Å². The number of rotatable bonds is 1. The molecule has 0 heterocycles. The second kappa shape index (κ2) is 1.36. The van der Waals surface area contributed by atoms with E-state index in [0.29, 0.717) is 5.92 Å². The van der Waals surface area contributed by atoms with Gasteiger partial charge in [-0.2, -0.15) is 0 Å². The zero-order valence-electron chi connectivity index (χ0n) is 5.82. The summed E-state index contributed by atoms with van der Waals surface area (Å²) in [5.41, 5.74) is 0. The topological polar surface area (TPSA) is 57.2 Å². The Hall–Kier alpha value is -0.860. The van der Waals surface area contributed by atoms with Crippen molar-refractivity contribution >= 4 is 11.8 Å². The van der Waals surface area contributed by atoms with Crippen molar-refractivity contribution in [2.24, 2.45) is 29.6 Å². The average molecular weight is 151 g/mol. The second-order valence-corrected chi connectivity index (χ2v) is 3.86. The van der Waals surface area contributed by atoms with Crippen molar-refractivity contribution in [3.8, 4) is 0 Å². The van der Waals surface area contributed by atoms with E-state index in [1.165, 1.54) is 0 Å². The summed E-state index contributed by atoms with van der Waals surface area (Å²) in [5, 5.41) is 10.6. The molecule has 0 aromatic heterocycles. The highest BCUT2D eigenvalue weighted by molar-refractivity contribution is 5.97. The standard InChI is InChI=1S/C8H8O3/c9-7-3-1-2-4(5(2)7)6(3)8(10)11/h2-6H,1H2,(H,10,11)/p-1/t2-,3-,4-,5-,6+/m1/s1. The minimum Gasteiger partial charge on any atom is -0.550 e. The minimum absolute atomic E-state index is 0.128. The molecule has 0 radical (unpaired) electrons. The van der Waals surface area contributed by atoms with E-state index in [1.54, 1.807) is 0 Å². The summed E-state index contributed by atoms with van der Waals surface area (Å²) >= 11 is 0. The molecule has 5 atom stereocenters. The molecule has 0 unspecified atom stereocenters. The number of carboxylic acids is 1. The van der Waals surface area contributed by atoms with Gasteiger partial charge in [-0.1, -0.05) is 0 Å². The van der Waals surface area contributed by atoms with Crippen LogP contribution in [0.3, 0.4) is 0 Å². The average Bonchev–Trinajstić information content (AvgIpc) is 2.33. The highest BCUT2D eigenvalue weighted by atomic mass is 16.4. The van der Waals surface area contributed by atoms with Gasteiger partial charge in [-0.3, -0.25) is 4.79 Å². The van der Waals surface area contributed by atoms with Gasteiger partial charge in [0.1, 0.15) is 5.78 Å². The van der Waals surface area contributed by atoms with Gasteiger partial charge in [0, 0.05) is 23.7 Å². The highest BCUT2D eigenvalue weighted by Gasteiger charge is 2.73. The second-order valence-electron chi connectivity index (χ2n) is 3.86. The normalized spacial score (nSPS) is 56.7. The van der Waals surface area contributed by atoms with E-state index < -0.39 is 11.9 Å². The molecular weight excluding hydrogens is 144 g/mol. The third kappa shape index (κ3) is 0.424. The van der Waals surface area contributed by atoms with E-state index in [4.69, 9.17) is 0 Å². The van der Waals surface area contributed by atoms with Gasteiger partial charge in [-0.05, 0) is 18.3 Å². The molecule has 3 heteroatoms. The van der Waals surface area contributed by atoms with Gasteiger partial charge in [-0.15, -0.1) is 0 Å². The maximum Gasteiger partial charge on any atom is 0.140 e. The quantitative estimate of drug-likeness (QED) is 0.474. The van der Waals surface area contributed by atoms with Crippen LogP contribution in [0.5, 0.6) is 0 Å². The van der Waals surface area contributed by atoms with E-state index in [0.717, 1.165) is 6.42 Å². The first-order chi connectivity index (χ1) is 5.22. The summed E-state index contributed by atoms with van der Waals surface area (Å²) in [7, 11) is 0. The van der Waals surface area contributed by atoms with E-state index >= 15 is 0 Å². The van der Waals surface area contributed by atoms with Crippen molar-refractivity contribution in [2.45, 2.75) is 6.42 Å². The number of carbonyl (C=O) groups is 2. The Kier molecular flexibility index (Phi) is 0.708. The maximum atomic E-state index is 11.2. The van der Waals surface area contributed by atoms with Crippen LogP contribution in [0, 0.1) is 29.6 Å². The molecule has 4 aliphatic rings. The molecule has 0 aliphatic heterocycles. The van der Waals surface area contributed by atoms with Crippen molar-refractivity contribution in [1.82, 2.24) is 0 Å². The zero-order chi connectivity index (χ0) is 7.75. The van der Waals surface area contributed by atoms with Crippen LogP contribution in [0.4, 0.5) is 0 Å². The fraction of sp³-hybridized carbons (Fsp3) is 0.750. The molecule has 0 aromatic rings. The summed E-state index contributed by atoms with van der Waals surface area (Å²) in [6.45, 7) is 0. The zero-order valence-corrected chi connectivity index (χ0v) is 5.82. The molecule has 4 bridgehead atoms. The van der Waals surface area contributed by atoms with Crippen molar-refractivity contribution in [3.05, 3.63) is 0 Å². The first kappa shape index (κ1) is 5.75. The number of carbonyl (C=O) groups excluding carboxylic acids is 2. The van der Waals surface area contributed by atoms with E-state index in [1.807, 2.05) is 0 Å². The van der Waals surface area contributed by atoms with E-state index in [-0.39, 0.29) is 23.5 Å². The van der Waals surface area contributed by atoms with Gasteiger partial charge in [0.15, 0.2) is 0 Å². The third-order valence-electron chi connectivity index (χ3n) is 3.57. The Morgan fingerprint density at radius 1 is 1.55 bits per heavy atom. The molecule has 4 fully saturated rings. The molecule has 4 saturated carbocycles. The van der Waals surface area contributed by atoms with Crippen LogP contribution in [-0.2, 0) is 9.59 Å². The van der Waals surface area contributed by atoms with Gasteiger partial charge >= 0.3 is 0 Å². The van der Waals surface area contributed by atoms with Gasteiger partial charge in [0.2, 0.25) is 0 Å². The molecule has 0 N–H and O–H groups in total. The first-order valence-electron chi connectivity index (χ1n) is 3.96. The minimum atomic E-state index is -1.00. The fourth-order valence-electron chi connectivity index (χ4n) is 3.16. The van der Waals surface area contributed by atoms with Crippen LogP contribution < -0.4 is 5.11 Å². The van der Waals surface area contributed by atoms with Crippen molar-refractivity contribution in [2.75, 3.05) is 0 Å². The lowest BCUT2D eigenvalue weighted by Gasteiger charge is -2.13. The third-order valence-corrected chi connectivity index (χ3v) is 3.57. The summed E-state index contributed by atoms with van der Waals surface area (Å²) in [4.78, 5) is 21.8. The fourth-order valence-corrected chi connectivity index (χ4v) is 3.16. The van der Waals surface area contributed by atoms with Crippen LogP contribution in [-0.4, -0.2) is 11.8 Å². The lowest BCUT2D eigenvalue weighted by molar-refractivity contribution is -0.312. The van der Waals surface area contributed by atoms with Crippen molar-refractivity contribution in [1.29, 1.82) is 0 Å². The SMILES string of the molecule is O=C([O-])[C@@H]1[C@@H]2[C@H]3C[C@H]1C(=O)[C@H]32. The van der Waals surface area contributed by atoms with Crippen molar-refractivity contribution in [3.63, 3.8) is 0 Å². The van der Waals surface area contributed by atoms with Crippen LogP contribution >= 0.6 is 0 Å². The maximum absolute atomic E-state index is 11.2. The van der Waals surface area contributed by atoms with Crippen molar-refractivity contribution < 1.29 is 14.7 Å². The van der Waals surface area contributed by atoms with Gasteiger partial charge in [0.25, 0.3) is 0 Å². The predicted octanol–water partition coefficient (Wildman–Crippen LogP) is -1.18. The number of Topliss-reactive ketones (excluding diaryl/α,β-unsaturated/α-hetero) is 1. The van der Waals surface area contributed by atoms with Gasteiger partial charge in [-0.25, -0.2) is 0 Å². The lowest BCUT2D eigenvalue weighted by Crippen LogP contribution is -2.34. The number of hydrogen-bond acceptors (Lipinski definition) is 3. The Morgan fingerprint density at radius 3 is 2.45 bits per heavy atom. The summed E-state index contributed by atoms with van der Waals surface area (Å²) in [6.07, 6.45) is 0.826. The molecule has 4 rings (SSSR count). The Labute approximate surface area is 63.4 Å². The van der Waals surface area contributed by atoms with E-state index in [9.17, 15) is 14.7 Å². The van der Waals surface area contributed by atoms with Crippen LogP contribution in [0.1, 0.15) is 6.42 Å². The van der Waals surface area contributed by atoms with Crippen LogP contribution in [0.2, 0.25) is 0 Å². The molecule has 3 nitrogen and oxygen atoms in total. The molecule has 4 aliphatic carbocycles. The molecule has 0 saturated heterocycles. The molecule has 0 aromatic carbocycles. The van der Waals surface area contributed by atoms with Gasteiger partial charge < -0.3 is 9.90 Å². The Bertz CT molecular complexity index is 271. The largest absolute Gasteiger partial charge is 0.550 e. The van der Waals surface area contributed by atoms with Gasteiger partial charge in [0.05, 0.1) is 0 Å².